The molecule has 1 saturated heterocycles. The van der Waals surface area contributed by atoms with Crippen molar-refractivity contribution in [3.05, 3.63) is 0 Å². The van der Waals surface area contributed by atoms with Crippen LogP contribution in [0.2, 0.25) is 0 Å². The van der Waals surface area contributed by atoms with Gasteiger partial charge in [-0.2, -0.15) is 11.8 Å². The summed E-state index contributed by atoms with van der Waals surface area (Å²) in [6, 6.07) is -1.44. The molecule has 1 atom stereocenters. The lowest BCUT2D eigenvalue weighted by atomic mass is 9.98. The van der Waals surface area contributed by atoms with Gasteiger partial charge in [0, 0.05) is 20.1 Å². The molecule has 1 aliphatic heterocycles. The van der Waals surface area contributed by atoms with Crippen molar-refractivity contribution in [1.82, 2.24) is 15.1 Å². The fourth-order valence-electron chi connectivity index (χ4n) is 2.29. The van der Waals surface area contributed by atoms with Gasteiger partial charge in [-0.15, -0.1) is 0 Å². The van der Waals surface area contributed by atoms with E-state index in [0.717, 1.165) is 0 Å². The molecule has 1 heterocycles. The molecular weight excluding hydrogens is 294 g/mol. The summed E-state index contributed by atoms with van der Waals surface area (Å²) in [4.78, 5) is 38.6. The number of rotatable bonds is 5. The molecule has 8 heteroatoms. The predicted octanol–water partition coefficient (Wildman–Crippen LogP) is 0.455. The summed E-state index contributed by atoms with van der Waals surface area (Å²) in [5.74, 6) is -0.571. The van der Waals surface area contributed by atoms with Crippen molar-refractivity contribution in [3.63, 3.8) is 0 Å². The number of hydrogen-bond donors (Lipinski definition) is 2. The van der Waals surface area contributed by atoms with Gasteiger partial charge in [-0.1, -0.05) is 0 Å². The Labute approximate surface area is 129 Å². The molecule has 0 aromatic carbocycles. The predicted molar refractivity (Wildman–Crippen MR) is 81.4 cm³/mol. The third kappa shape index (κ3) is 4.03. The minimum atomic E-state index is -1.06. The lowest BCUT2D eigenvalue weighted by Gasteiger charge is -2.44. The second-order valence-electron chi connectivity index (χ2n) is 5.56. The molecule has 0 aromatic heterocycles. The van der Waals surface area contributed by atoms with Crippen LogP contribution in [0.1, 0.15) is 20.3 Å². The lowest BCUT2D eigenvalue weighted by molar-refractivity contribution is -0.144. The van der Waals surface area contributed by atoms with Crippen molar-refractivity contribution in [2.45, 2.75) is 31.8 Å². The zero-order chi connectivity index (χ0) is 16.2. The van der Waals surface area contributed by atoms with Gasteiger partial charge in [0.2, 0.25) is 5.91 Å². The van der Waals surface area contributed by atoms with Crippen molar-refractivity contribution in [2.24, 2.45) is 0 Å². The maximum atomic E-state index is 12.3. The number of carbonyl (C=O) groups excluding carboxylic acids is 2. The summed E-state index contributed by atoms with van der Waals surface area (Å²) in [5.41, 5.74) is -0.973. The van der Waals surface area contributed by atoms with Gasteiger partial charge in [-0.05, 0) is 32.3 Å². The molecule has 0 bridgehead atoms. The standard InChI is InChI=1S/C13H23N3O4S/c1-13(2)11(19)15(3)6-7-16(13)12(20)14-9(10(17)18)5-8-21-4/h9H,5-8H2,1-4H3,(H,14,20)(H,17,18)/t9-/m0/s1. The molecule has 0 aliphatic carbocycles. The van der Waals surface area contributed by atoms with Gasteiger partial charge >= 0.3 is 12.0 Å². The average Bonchev–Trinajstić information content (AvgIpc) is 2.40. The quantitative estimate of drug-likeness (QED) is 0.768. The number of carboxylic acid groups (broad SMARTS) is 1. The number of piperazine rings is 1. The third-order valence-corrected chi connectivity index (χ3v) is 4.30. The molecular formula is C13H23N3O4S. The number of nitrogens with one attached hydrogen (secondary N) is 1. The van der Waals surface area contributed by atoms with Gasteiger partial charge in [0.05, 0.1) is 0 Å². The minimum absolute atomic E-state index is 0.153. The summed E-state index contributed by atoms with van der Waals surface area (Å²) in [5, 5.41) is 11.7. The monoisotopic (exact) mass is 317 g/mol. The van der Waals surface area contributed by atoms with E-state index >= 15 is 0 Å². The largest absolute Gasteiger partial charge is 0.480 e. The normalized spacial score (nSPS) is 19.3. The van der Waals surface area contributed by atoms with Crippen molar-refractivity contribution in [1.29, 1.82) is 0 Å². The number of aliphatic carboxylic acids is 1. The highest BCUT2D eigenvalue weighted by molar-refractivity contribution is 7.98. The second kappa shape index (κ2) is 7.02. The zero-order valence-electron chi connectivity index (χ0n) is 12.9. The second-order valence-corrected chi connectivity index (χ2v) is 6.54. The molecule has 21 heavy (non-hydrogen) atoms. The number of carboxylic acids is 1. The first-order valence-corrected chi connectivity index (χ1v) is 8.16. The van der Waals surface area contributed by atoms with E-state index in [0.29, 0.717) is 25.3 Å². The van der Waals surface area contributed by atoms with Crippen molar-refractivity contribution < 1.29 is 19.5 Å². The van der Waals surface area contributed by atoms with Crippen molar-refractivity contribution in [2.75, 3.05) is 32.1 Å². The van der Waals surface area contributed by atoms with Crippen LogP contribution in [0.25, 0.3) is 0 Å². The molecule has 7 nitrogen and oxygen atoms in total. The Kier molecular flexibility index (Phi) is 5.88. The van der Waals surface area contributed by atoms with E-state index in [2.05, 4.69) is 5.32 Å². The number of thioether (sulfide) groups is 1. The fourth-order valence-corrected chi connectivity index (χ4v) is 2.76. The minimum Gasteiger partial charge on any atom is -0.480 e. The van der Waals surface area contributed by atoms with Gasteiger partial charge in [-0.25, -0.2) is 9.59 Å². The molecule has 0 unspecified atom stereocenters. The molecule has 1 aliphatic rings. The number of amides is 3. The zero-order valence-corrected chi connectivity index (χ0v) is 13.7. The Bertz CT molecular complexity index is 428. The first kappa shape index (κ1) is 17.6. The Morgan fingerprint density at radius 2 is 2.05 bits per heavy atom. The summed E-state index contributed by atoms with van der Waals surface area (Å²) >= 11 is 1.52. The molecule has 1 rings (SSSR count). The molecule has 0 spiro atoms. The summed E-state index contributed by atoms with van der Waals surface area (Å²) in [6.45, 7) is 4.17. The summed E-state index contributed by atoms with van der Waals surface area (Å²) < 4.78 is 0. The smallest absolute Gasteiger partial charge is 0.326 e. The maximum Gasteiger partial charge on any atom is 0.326 e. The first-order chi connectivity index (χ1) is 9.71. The van der Waals surface area contributed by atoms with Gasteiger partial charge in [-0.3, -0.25) is 4.79 Å². The SMILES string of the molecule is CSCC[C@H](NC(=O)N1CCN(C)C(=O)C1(C)C)C(=O)O. The van der Waals surface area contributed by atoms with Crippen LogP contribution in [0.4, 0.5) is 4.79 Å². The molecule has 1 fully saturated rings. The molecule has 0 saturated carbocycles. The van der Waals surface area contributed by atoms with Crippen LogP contribution in [-0.2, 0) is 9.59 Å². The van der Waals surface area contributed by atoms with E-state index in [1.165, 1.54) is 16.7 Å². The van der Waals surface area contributed by atoms with E-state index in [9.17, 15) is 14.4 Å². The molecule has 120 valence electrons. The van der Waals surface area contributed by atoms with Crippen molar-refractivity contribution >= 4 is 29.7 Å². The van der Waals surface area contributed by atoms with Crippen LogP contribution in [0.15, 0.2) is 0 Å². The first-order valence-electron chi connectivity index (χ1n) is 6.77. The average molecular weight is 317 g/mol. The van der Waals surface area contributed by atoms with E-state index in [1.54, 1.807) is 25.8 Å². The Balaban J connectivity index is 2.77. The van der Waals surface area contributed by atoms with Gasteiger partial charge in [0.15, 0.2) is 0 Å². The van der Waals surface area contributed by atoms with E-state index < -0.39 is 23.6 Å². The summed E-state index contributed by atoms with van der Waals surface area (Å²) in [7, 11) is 1.69. The maximum absolute atomic E-state index is 12.3. The Morgan fingerprint density at radius 1 is 1.43 bits per heavy atom. The van der Waals surface area contributed by atoms with Crippen LogP contribution in [-0.4, -0.2) is 76.5 Å². The van der Waals surface area contributed by atoms with Crippen LogP contribution < -0.4 is 5.32 Å². The van der Waals surface area contributed by atoms with Crippen LogP contribution in [0.5, 0.6) is 0 Å². The van der Waals surface area contributed by atoms with Crippen LogP contribution >= 0.6 is 11.8 Å². The number of carbonyl (C=O) groups is 3. The molecule has 2 N–H and O–H groups in total. The highest BCUT2D eigenvalue weighted by Gasteiger charge is 2.43. The van der Waals surface area contributed by atoms with Crippen LogP contribution in [0.3, 0.4) is 0 Å². The number of urea groups is 1. The van der Waals surface area contributed by atoms with Crippen molar-refractivity contribution in [3.8, 4) is 0 Å². The number of likely N-dealkylation sites (N-methyl/N-ethyl adjacent to an activating group) is 1. The van der Waals surface area contributed by atoms with Crippen LogP contribution in [0, 0.1) is 0 Å². The highest BCUT2D eigenvalue weighted by atomic mass is 32.2. The van der Waals surface area contributed by atoms with E-state index in [4.69, 9.17) is 5.11 Å². The van der Waals surface area contributed by atoms with Gasteiger partial charge in [0.25, 0.3) is 0 Å². The van der Waals surface area contributed by atoms with E-state index in [-0.39, 0.29) is 5.91 Å². The lowest BCUT2D eigenvalue weighted by Crippen LogP contribution is -2.66. The Morgan fingerprint density at radius 3 is 2.57 bits per heavy atom. The molecule has 0 radical (unpaired) electrons. The topological polar surface area (TPSA) is 90.0 Å². The summed E-state index contributed by atoms with van der Waals surface area (Å²) in [6.07, 6.45) is 2.23. The number of nitrogens with zero attached hydrogens (tertiary/aromatic N) is 2. The van der Waals surface area contributed by atoms with Gasteiger partial charge in [0.1, 0.15) is 11.6 Å². The highest BCUT2D eigenvalue weighted by Crippen LogP contribution is 2.21. The molecule has 0 aromatic rings. The molecule has 3 amide bonds. The Hall–Kier alpha value is -1.44. The number of hydrogen-bond acceptors (Lipinski definition) is 4. The van der Waals surface area contributed by atoms with E-state index in [1.807, 2.05) is 6.26 Å². The van der Waals surface area contributed by atoms with Gasteiger partial charge < -0.3 is 20.2 Å². The fraction of sp³-hybridized carbons (Fsp3) is 0.769. The third-order valence-electron chi connectivity index (χ3n) is 3.66.